The number of rotatable bonds is 2. The molecular formula is C15H13N5S. The van der Waals surface area contributed by atoms with Crippen LogP contribution in [0.5, 0.6) is 0 Å². The van der Waals surface area contributed by atoms with E-state index in [1.54, 1.807) is 11.3 Å². The van der Waals surface area contributed by atoms with E-state index in [0.29, 0.717) is 5.95 Å². The van der Waals surface area contributed by atoms with Crippen LogP contribution in [0.3, 0.4) is 0 Å². The monoisotopic (exact) mass is 295 g/mol. The second-order valence-corrected chi connectivity index (χ2v) is 5.96. The van der Waals surface area contributed by atoms with E-state index in [0.717, 1.165) is 11.3 Å². The lowest BCUT2D eigenvalue weighted by molar-refractivity contribution is 0.593. The first kappa shape index (κ1) is 12.3. The highest BCUT2D eigenvalue weighted by atomic mass is 32.1. The van der Waals surface area contributed by atoms with Gasteiger partial charge in [0.25, 0.3) is 0 Å². The molecule has 5 nitrogen and oxygen atoms in total. The molecule has 1 aromatic carbocycles. The molecule has 0 radical (unpaired) electrons. The van der Waals surface area contributed by atoms with E-state index in [1.165, 1.54) is 10.4 Å². The zero-order chi connectivity index (χ0) is 14.2. The van der Waals surface area contributed by atoms with Crippen molar-refractivity contribution in [2.75, 3.05) is 5.32 Å². The van der Waals surface area contributed by atoms with Crippen molar-refractivity contribution in [3.63, 3.8) is 0 Å². The number of aryl methyl sites for hydroxylation is 1. The molecule has 1 atom stereocenters. The molecule has 6 heteroatoms. The van der Waals surface area contributed by atoms with E-state index in [1.807, 2.05) is 10.7 Å². The molecule has 3 heterocycles. The van der Waals surface area contributed by atoms with Gasteiger partial charge in [0.1, 0.15) is 6.04 Å². The molecule has 0 fully saturated rings. The minimum atomic E-state index is 0.0348. The Morgan fingerprint density at radius 1 is 1.19 bits per heavy atom. The molecule has 0 saturated heterocycles. The van der Waals surface area contributed by atoms with Crippen LogP contribution in [0.4, 0.5) is 5.95 Å². The van der Waals surface area contributed by atoms with Crippen LogP contribution in [0.15, 0.2) is 47.9 Å². The van der Waals surface area contributed by atoms with E-state index in [2.05, 4.69) is 69.6 Å². The van der Waals surface area contributed by atoms with Gasteiger partial charge in [-0.05, 0) is 40.4 Å². The molecule has 0 saturated carbocycles. The van der Waals surface area contributed by atoms with E-state index in [4.69, 9.17) is 0 Å². The molecule has 0 amide bonds. The summed E-state index contributed by atoms with van der Waals surface area (Å²) in [6, 6.07) is 12.6. The van der Waals surface area contributed by atoms with Crippen molar-refractivity contribution in [1.29, 1.82) is 0 Å². The fourth-order valence-electron chi connectivity index (χ4n) is 2.42. The Bertz CT molecular complexity index is 786. The summed E-state index contributed by atoms with van der Waals surface area (Å²) in [6.45, 7) is 2.08. The van der Waals surface area contributed by atoms with Gasteiger partial charge < -0.3 is 5.32 Å². The van der Waals surface area contributed by atoms with Crippen LogP contribution >= 0.6 is 11.3 Å². The summed E-state index contributed by atoms with van der Waals surface area (Å²) in [7, 11) is 0. The van der Waals surface area contributed by atoms with E-state index < -0.39 is 0 Å². The molecule has 1 aliphatic heterocycles. The van der Waals surface area contributed by atoms with Gasteiger partial charge in [-0.3, -0.25) is 0 Å². The largest absolute Gasteiger partial charge is 0.323 e. The number of hydrogen-bond donors (Lipinski definition) is 1. The average molecular weight is 295 g/mol. The van der Waals surface area contributed by atoms with Gasteiger partial charge in [0.15, 0.2) is 0 Å². The van der Waals surface area contributed by atoms with Gasteiger partial charge in [-0.1, -0.05) is 41.0 Å². The van der Waals surface area contributed by atoms with Crippen LogP contribution in [-0.2, 0) is 0 Å². The number of nitrogens with one attached hydrogen (secondary N) is 1. The van der Waals surface area contributed by atoms with Crippen molar-refractivity contribution < 1.29 is 0 Å². The lowest BCUT2D eigenvalue weighted by atomic mass is 10.1. The van der Waals surface area contributed by atoms with Crippen LogP contribution in [0, 0.1) is 6.92 Å². The summed E-state index contributed by atoms with van der Waals surface area (Å²) >= 11 is 1.71. The number of nitrogens with zero attached hydrogens (tertiary/aromatic N) is 4. The normalized spacial score (nSPS) is 17.0. The van der Waals surface area contributed by atoms with Crippen molar-refractivity contribution in [2.24, 2.45) is 0 Å². The van der Waals surface area contributed by atoms with Crippen molar-refractivity contribution in [3.05, 3.63) is 63.9 Å². The standard InChI is InChI=1S/C15H13N5S/c1-10-4-6-11(7-5-10)12-9-13(14-3-2-8-21-14)20-15(16-12)17-18-19-20/h2-9,13H,1H3,(H,16,17,19)/t13-/m0/s1. The van der Waals surface area contributed by atoms with Gasteiger partial charge >= 0.3 is 0 Å². The second kappa shape index (κ2) is 4.82. The summed E-state index contributed by atoms with van der Waals surface area (Å²) in [5.74, 6) is 0.673. The number of fused-ring (bicyclic) bond motifs is 1. The molecule has 0 bridgehead atoms. The van der Waals surface area contributed by atoms with Crippen LogP contribution in [0.2, 0.25) is 0 Å². The van der Waals surface area contributed by atoms with Gasteiger partial charge in [0, 0.05) is 10.6 Å². The maximum absolute atomic E-state index is 4.09. The minimum absolute atomic E-state index is 0.0348. The van der Waals surface area contributed by atoms with Gasteiger partial charge in [0.05, 0.1) is 0 Å². The SMILES string of the molecule is Cc1ccc(C2=C[C@@H](c3cccs3)n3nnnc3N2)cc1. The topological polar surface area (TPSA) is 55.6 Å². The third-order valence-electron chi connectivity index (χ3n) is 3.52. The number of aromatic nitrogens is 4. The number of anilines is 1. The average Bonchev–Trinajstić information content (AvgIpc) is 3.18. The Labute approximate surface area is 125 Å². The highest BCUT2D eigenvalue weighted by molar-refractivity contribution is 7.10. The van der Waals surface area contributed by atoms with Gasteiger partial charge in [-0.2, -0.15) is 4.68 Å². The summed E-state index contributed by atoms with van der Waals surface area (Å²) in [5, 5.41) is 17.3. The lowest BCUT2D eigenvalue weighted by Crippen LogP contribution is -2.19. The maximum atomic E-state index is 4.09. The Balaban J connectivity index is 1.80. The fourth-order valence-corrected chi connectivity index (χ4v) is 3.20. The first-order chi connectivity index (χ1) is 10.3. The Hall–Kier alpha value is -2.47. The minimum Gasteiger partial charge on any atom is -0.323 e. The summed E-state index contributed by atoms with van der Waals surface area (Å²) in [6.07, 6.45) is 2.17. The summed E-state index contributed by atoms with van der Waals surface area (Å²) in [5.41, 5.74) is 3.42. The first-order valence-corrected chi connectivity index (χ1v) is 7.56. The molecule has 21 heavy (non-hydrogen) atoms. The van der Waals surface area contributed by atoms with Crippen LogP contribution in [0.1, 0.15) is 22.0 Å². The molecule has 0 unspecified atom stereocenters. The number of allylic oxidation sites excluding steroid dienone is 1. The third kappa shape index (κ3) is 2.13. The number of thiophene rings is 1. The van der Waals surface area contributed by atoms with E-state index in [-0.39, 0.29) is 6.04 Å². The summed E-state index contributed by atoms with van der Waals surface area (Å²) < 4.78 is 1.81. The van der Waals surface area contributed by atoms with Crippen molar-refractivity contribution >= 4 is 23.0 Å². The van der Waals surface area contributed by atoms with Crippen molar-refractivity contribution in [3.8, 4) is 0 Å². The Morgan fingerprint density at radius 3 is 2.81 bits per heavy atom. The predicted molar refractivity (Wildman–Crippen MR) is 83.1 cm³/mol. The maximum Gasteiger partial charge on any atom is 0.248 e. The predicted octanol–water partition coefficient (Wildman–Crippen LogP) is 3.10. The molecule has 0 spiro atoms. The zero-order valence-electron chi connectivity index (χ0n) is 11.4. The number of tetrazole rings is 1. The van der Waals surface area contributed by atoms with Gasteiger partial charge in [-0.15, -0.1) is 11.3 Å². The first-order valence-electron chi connectivity index (χ1n) is 6.68. The van der Waals surface area contributed by atoms with Crippen molar-refractivity contribution in [2.45, 2.75) is 13.0 Å². The molecule has 2 aromatic heterocycles. The van der Waals surface area contributed by atoms with Gasteiger partial charge in [0.2, 0.25) is 5.95 Å². The molecule has 3 aromatic rings. The molecule has 0 aliphatic carbocycles. The molecule has 1 aliphatic rings. The lowest BCUT2D eigenvalue weighted by Gasteiger charge is -2.22. The Kier molecular flexibility index (Phi) is 2.82. The zero-order valence-corrected chi connectivity index (χ0v) is 12.2. The summed E-state index contributed by atoms with van der Waals surface area (Å²) in [4.78, 5) is 1.22. The van der Waals surface area contributed by atoms with E-state index in [9.17, 15) is 0 Å². The molecule has 4 rings (SSSR count). The Morgan fingerprint density at radius 2 is 2.05 bits per heavy atom. The highest BCUT2D eigenvalue weighted by Gasteiger charge is 2.24. The third-order valence-corrected chi connectivity index (χ3v) is 4.47. The molecule has 1 N–H and O–H groups in total. The van der Waals surface area contributed by atoms with Crippen LogP contribution < -0.4 is 5.32 Å². The smallest absolute Gasteiger partial charge is 0.248 e. The van der Waals surface area contributed by atoms with E-state index >= 15 is 0 Å². The van der Waals surface area contributed by atoms with Crippen molar-refractivity contribution in [1.82, 2.24) is 20.2 Å². The highest BCUT2D eigenvalue weighted by Crippen LogP contribution is 2.33. The van der Waals surface area contributed by atoms with Gasteiger partial charge in [-0.25, -0.2) is 0 Å². The number of hydrogen-bond acceptors (Lipinski definition) is 5. The second-order valence-electron chi connectivity index (χ2n) is 4.98. The molecule has 104 valence electrons. The molecular weight excluding hydrogens is 282 g/mol. The number of benzene rings is 1. The van der Waals surface area contributed by atoms with Crippen LogP contribution in [0.25, 0.3) is 5.70 Å². The quantitative estimate of drug-likeness (QED) is 0.789. The van der Waals surface area contributed by atoms with Crippen LogP contribution in [-0.4, -0.2) is 20.2 Å². The fraction of sp³-hybridized carbons (Fsp3) is 0.133.